The molecule has 0 radical (unpaired) electrons. The minimum absolute atomic E-state index is 1.06. The summed E-state index contributed by atoms with van der Waals surface area (Å²) >= 11 is 2.64. The molecule has 0 nitrogen and oxygen atoms in total. The Balaban J connectivity index is 2.97. The Morgan fingerprint density at radius 2 is 1.80 bits per heavy atom. The fourth-order valence-electron chi connectivity index (χ4n) is 0.696. The van der Waals surface area contributed by atoms with Crippen LogP contribution in [0.5, 0.6) is 0 Å². The van der Waals surface area contributed by atoms with Gasteiger partial charge < -0.3 is 0 Å². The number of benzene rings is 1. The summed E-state index contributed by atoms with van der Waals surface area (Å²) in [4.78, 5) is 2.73. The van der Waals surface area contributed by atoms with Crippen molar-refractivity contribution >= 4 is 16.0 Å². The van der Waals surface area contributed by atoms with Crippen LogP contribution in [0.4, 0.5) is 0 Å². The predicted molar refractivity (Wildman–Crippen MR) is 43.8 cm³/mol. The van der Waals surface area contributed by atoms with E-state index < -0.39 is 0 Å². The molecule has 1 heteroatoms. The van der Waals surface area contributed by atoms with Crippen molar-refractivity contribution in [3.63, 3.8) is 0 Å². The zero-order chi connectivity index (χ0) is 7.40. The average molecular weight is 194 g/mol. The Kier molecular flexibility index (Phi) is 2.57. The third-order valence-electron chi connectivity index (χ3n) is 1.25. The van der Waals surface area contributed by atoms with Crippen LogP contribution in [0.1, 0.15) is 11.1 Å². The van der Waals surface area contributed by atoms with Crippen molar-refractivity contribution in [2.24, 2.45) is 0 Å². The second-order valence-electron chi connectivity index (χ2n) is 2.09. The molecule has 0 spiro atoms. The molecule has 0 N–H and O–H groups in total. The third kappa shape index (κ3) is 1.91. The first kappa shape index (κ1) is 7.41. The summed E-state index contributed by atoms with van der Waals surface area (Å²) < 4.78 is 0. The molecule has 0 unspecified atom stereocenters. The molecule has 1 aromatic carbocycles. The van der Waals surface area contributed by atoms with Crippen molar-refractivity contribution < 1.29 is 0 Å². The molecule has 0 aromatic heterocycles. The summed E-state index contributed by atoms with van der Waals surface area (Å²) in [6.07, 6.45) is 0. The van der Waals surface area contributed by atoms with Crippen LogP contribution < -0.4 is 0 Å². The van der Waals surface area contributed by atoms with Crippen LogP contribution in [0.15, 0.2) is 24.3 Å². The van der Waals surface area contributed by atoms with Crippen LogP contribution in [0.25, 0.3) is 0 Å². The predicted octanol–water partition coefficient (Wildman–Crippen LogP) is 1.47. The van der Waals surface area contributed by atoms with Crippen molar-refractivity contribution in [3.8, 4) is 10.7 Å². The van der Waals surface area contributed by atoms with Gasteiger partial charge >= 0.3 is 69.1 Å². The van der Waals surface area contributed by atoms with Gasteiger partial charge in [0.15, 0.2) is 0 Å². The molecular formula is C9H7Se-. The molecule has 0 atom stereocenters. The molecule has 0 saturated heterocycles. The van der Waals surface area contributed by atoms with E-state index in [1.807, 2.05) is 12.1 Å². The van der Waals surface area contributed by atoms with Gasteiger partial charge in [-0.1, -0.05) is 0 Å². The monoisotopic (exact) mass is 195 g/mol. The zero-order valence-corrected chi connectivity index (χ0v) is 7.43. The molecule has 1 aromatic rings. The van der Waals surface area contributed by atoms with Gasteiger partial charge in [0.2, 0.25) is 0 Å². The first-order valence-corrected chi connectivity index (χ1v) is 3.88. The van der Waals surface area contributed by atoms with Crippen LogP contribution in [0.2, 0.25) is 0 Å². The molecule has 0 amide bonds. The standard InChI is InChI=1S/C9H8Se/c1-8-2-4-9(5-3-8)6-7-10/h2-5,10H,1H3/p-1. The van der Waals surface area contributed by atoms with Crippen molar-refractivity contribution in [1.29, 1.82) is 0 Å². The molecule has 0 aliphatic carbocycles. The third-order valence-corrected chi connectivity index (χ3v) is 1.46. The molecule has 10 heavy (non-hydrogen) atoms. The van der Waals surface area contributed by atoms with Gasteiger partial charge in [0.05, 0.1) is 0 Å². The Bertz CT molecular complexity index is 261. The Morgan fingerprint density at radius 3 is 2.30 bits per heavy atom. The van der Waals surface area contributed by atoms with E-state index in [0.29, 0.717) is 0 Å². The van der Waals surface area contributed by atoms with Gasteiger partial charge in [0.25, 0.3) is 0 Å². The van der Waals surface area contributed by atoms with E-state index in [0.717, 1.165) is 5.56 Å². The second-order valence-corrected chi connectivity index (χ2v) is 2.52. The number of rotatable bonds is 0. The minimum atomic E-state index is 1.06. The fraction of sp³-hybridized carbons (Fsp3) is 0.111. The van der Waals surface area contributed by atoms with Crippen molar-refractivity contribution in [1.82, 2.24) is 0 Å². The summed E-state index contributed by atoms with van der Waals surface area (Å²) in [5.74, 6) is 2.93. The topological polar surface area (TPSA) is 0 Å². The Morgan fingerprint density at radius 1 is 1.20 bits per heavy atom. The van der Waals surface area contributed by atoms with Crippen LogP contribution in [-0.2, 0) is 0 Å². The van der Waals surface area contributed by atoms with Gasteiger partial charge in [0.1, 0.15) is 0 Å². The quantitative estimate of drug-likeness (QED) is 0.433. The van der Waals surface area contributed by atoms with Gasteiger partial charge in [-0.2, -0.15) is 0 Å². The summed E-state index contributed by atoms with van der Waals surface area (Å²) in [6, 6.07) is 8.14. The molecular weight excluding hydrogens is 187 g/mol. The summed E-state index contributed by atoms with van der Waals surface area (Å²) in [5, 5.41) is 0. The molecule has 0 heterocycles. The van der Waals surface area contributed by atoms with E-state index in [9.17, 15) is 0 Å². The van der Waals surface area contributed by atoms with E-state index in [1.165, 1.54) is 5.56 Å². The summed E-state index contributed by atoms with van der Waals surface area (Å²) in [5.41, 5.74) is 2.33. The molecule has 1 rings (SSSR count). The van der Waals surface area contributed by atoms with Crippen molar-refractivity contribution in [2.75, 3.05) is 0 Å². The molecule has 0 saturated carbocycles. The molecule has 0 fully saturated rings. The van der Waals surface area contributed by atoms with Gasteiger partial charge in [-0.25, -0.2) is 0 Å². The Labute approximate surface area is 69.5 Å². The van der Waals surface area contributed by atoms with Gasteiger partial charge in [-0.3, -0.25) is 0 Å². The van der Waals surface area contributed by atoms with Gasteiger partial charge in [0, 0.05) is 0 Å². The Hall–Kier alpha value is -0.701. The first-order valence-electron chi connectivity index (χ1n) is 3.03. The van der Waals surface area contributed by atoms with E-state index in [1.54, 1.807) is 0 Å². The fourth-order valence-corrected chi connectivity index (χ4v) is 0.943. The molecule has 0 bridgehead atoms. The van der Waals surface area contributed by atoms with E-state index in [-0.39, 0.29) is 0 Å². The number of hydrogen-bond acceptors (Lipinski definition) is 0. The van der Waals surface area contributed by atoms with Gasteiger partial charge in [-0.05, 0) is 0 Å². The number of hydrogen-bond donors (Lipinski definition) is 0. The van der Waals surface area contributed by atoms with Gasteiger partial charge in [-0.15, -0.1) is 0 Å². The number of aryl methyl sites for hydroxylation is 1. The summed E-state index contributed by atoms with van der Waals surface area (Å²) in [6.45, 7) is 2.06. The first-order chi connectivity index (χ1) is 4.83. The molecule has 50 valence electrons. The SMILES string of the molecule is Cc1ccc(C#C[Se-])cc1. The maximum atomic E-state index is 2.93. The van der Waals surface area contributed by atoms with Crippen LogP contribution in [-0.4, -0.2) is 16.0 Å². The van der Waals surface area contributed by atoms with Crippen LogP contribution in [0.3, 0.4) is 0 Å². The maximum absolute atomic E-state index is 2.93. The molecule has 0 aliphatic heterocycles. The van der Waals surface area contributed by atoms with Crippen LogP contribution in [0, 0.1) is 17.7 Å². The van der Waals surface area contributed by atoms with E-state index in [2.05, 4.69) is 45.8 Å². The van der Waals surface area contributed by atoms with E-state index in [4.69, 9.17) is 0 Å². The average Bonchev–Trinajstić information content (AvgIpc) is 1.95. The zero-order valence-electron chi connectivity index (χ0n) is 5.72. The molecule has 0 aliphatic rings. The summed E-state index contributed by atoms with van der Waals surface area (Å²) in [7, 11) is 0. The van der Waals surface area contributed by atoms with Crippen molar-refractivity contribution in [2.45, 2.75) is 6.92 Å². The van der Waals surface area contributed by atoms with Crippen molar-refractivity contribution in [3.05, 3.63) is 35.4 Å². The second kappa shape index (κ2) is 3.46. The van der Waals surface area contributed by atoms with E-state index >= 15 is 0 Å². The van der Waals surface area contributed by atoms with Crippen LogP contribution >= 0.6 is 0 Å². The normalized spacial score (nSPS) is 8.10.